The van der Waals surface area contributed by atoms with Gasteiger partial charge in [-0.25, -0.2) is 0 Å². The second kappa shape index (κ2) is 10.6. The van der Waals surface area contributed by atoms with E-state index in [1.165, 1.54) is 6.92 Å². The Balaban J connectivity index is 1.66. The fourth-order valence-corrected chi connectivity index (χ4v) is 5.73. The fraction of sp³-hybridized carbons (Fsp3) is 0.500. The van der Waals surface area contributed by atoms with Gasteiger partial charge in [-0.05, 0) is 49.1 Å². The minimum atomic E-state index is -5.00. The van der Waals surface area contributed by atoms with Crippen LogP contribution in [0.15, 0.2) is 48.5 Å². The molecule has 2 bridgehead atoms. The van der Waals surface area contributed by atoms with Crippen LogP contribution in [0.25, 0.3) is 0 Å². The number of ether oxygens (including phenoxy) is 1. The Morgan fingerprint density at radius 3 is 2.12 bits per heavy atom. The lowest BCUT2D eigenvalue weighted by atomic mass is 9.73. The Hall–Kier alpha value is -2.68. The molecule has 0 spiro atoms. The molecular formula is C26H28F6N2O5S. The number of alkyl halides is 6. The van der Waals surface area contributed by atoms with E-state index in [1.54, 1.807) is 35.2 Å². The summed E-state index contributed by atoms with van der Waals surface area (Å²) in [6.07, 6.45) is -9.66. The van der Waals surface area contributed by atoms with Gasteiger partial charge in [-0.15, -0.1) is 0 Å². The second-order valence-electron chi connectivity index (χ2n) is 10.3. The molecule has 4 atom stereocenters. The number of hydrogen-bond donors (Lipinski definition) is 1. The van der Waals surface area contributed by atoms with Crippen LogP contribution in [0.5, 0.6) is 0 Å². The number of carbonyl (C=O) groups is 1. The van der Waals surface area contributed by atoms with Crippen LogP contribution in [0.2, 0.25) is 0 Å². The Kier molecular flexibility index (Phi) is 8.04. The van der Waals surface area contributed by atoms with Crippen molar-refractivity contribution in [2.75, 3.05) is 32.6 Å². The first kappa shape index (κ1) is 30.3. The molecule has 1 unspecified atom stereocenters. The molecule has 1 amide bonds. The van der Waals surface area contributed by atoms with Crippen molar-refractivity contribution in [3.05, 3.63) is 70.8 Å². The highest BCUT2D eigenvalue weighted by molar-refractivity contribution is 7.85. The van der Waals surface area contributed by atoms with E-state index in [0.29, 0.717) is 18.6 Å². The maximum absolute atomic E-state index is 13.4. The molecule has 40 heavy (non-hydrogen) atoms. The van der Waals surface area contributed by atoms with Crippen molar-refractivity contribution in [1.29, 1.82) is 0 Å². The summed E-state index contributed by atoms with van der Waals surface area (Å²) in [6.45, 7) is 1.01. The lowest BCUT2D eigenvalue weighted by molar-refractivity contribution is -0.145. The van der Waals surface area contributed by atoms with Gasteiger partial charge in [0, 0.05) is 6.54 Å². The van der Waals surface area contributed by atoms with Gasteiger partial charge in [0.2, 0.25) is 5.91 Å². The standard InChI is InChI=1S/C26H28F6N2O5S/c1-17(18-10-20(25(27,28)29)12-21(11-18)26(30,31)32)38-16-24(19-6-4-3-5-7-19)9-8-23(15-39-40(2,36)37)14-34(24)13-22(35)33-23/h3-7,10-12,17H,8-9,13-16H2,1-2H3,(H,33,35)/t17-,23-,24-/m1/s1. The summed E-state index contributed by atoms with van der Waals surface area (Å²) in [5, 5.41) is 2.83. The number of halogens is 6. The van der Waals surface area contributed by atoms with Crippen LogP contribution in [0.1, 0.15) is 48.1 Å². The number of nitrogens with one attached hydrogen (secondary N) is 1. The molecule has 2 heterocycles. The van der Waals surface area contributed by atoms with E-state index in [4.69, 9.17) is 8.92 Å². The molecule has 1 N–H and O–H groups in total. The van der Waals surface area contributed by atoms with Crippen molar-refractivity contribution in [2.45, 2.75) is 49.3 Å². The number of piperidine rings is 1. The quantitative estimate of drug-likeness (QED) is 0.354. The average molecular weight is 595 g/mol. The first-order chi connectivity index (χ1) is 18.4. The molecular weight excluding hydrogens is 566 g/mol. The van der Waals surface area contributed by atoms with Crippen LogP contribution in [-0.2, 0) is 41.7 Å². The Labute approximate surface area is 227 Å². The fourth-order valence-electron chi connectivity index (χ4n) is 5.29. The van der Waals surface area contributed by atoms with Crippen LogP contribution in [0, 0.1) is 0 Å². The molecule has 2 aliphatic rings. The maximum Gasteiger partial charge on any atom is 0.416 e. The number of nitrogens with zero attached hydrogens (tertiary/aromatic N) is 1. The van der Waals surface area contributed by atoms with Crippen LogP contribution >= 0.6 is 0 Å². The van der Waals surface area contributed by atoms with Crippen molar-refractivity contribution in [3.8, 4) is 0 Å². The Morgan fingerprint density at radius 1 is 0.975 bits per heavy atom. The molecule has 2 aromatic rings. The number of fused-ring (bicyclic) bond motifs is 2. The van der Waals surface area contributed by atoms with Gasteiger partial charge in [0.05, 0.1) is 54.3 Å². The largest absolute Gasteiger partial charge is 0.416 e. The van der Waals surface area contributed by atoms with E-state index in [-0.39, 0.29) is 50.3 Å². The molecule has 2 aromatic carbocycles. The summed E-state index contributed by atoms with van der Waals surface area (Å²) in [6, 6.07) is 10.2. The number of carbonyl (C=O) groups excluding carboxylic acids is 1. The molecule has 4 rings (SSSR count). The highest BCUT2D eigenvalue weighted by atomic mass is 32.2. The molecule has 2 aliphatic heterocycles. The third kappa shape index (κ3) is 6.61. The zero-order valence-corrected chi connectivity index (χ0v) is 22.4. The molecule has 14 heteroatoms. The highest BCUT2D eigenvalue weighted by Gasteiger charge is 2.53. The van der Waals surface area contributed by atoms with E-state index in [1.807, 2.05) is 0 Å². The summed E-state index contributed by atoms with van der Waals surface area (Å²) in [4.78, 5) is 14.5. The van der Waals surface area contributed by atoms with E-state index in [0.717, 1.165) is 11.8 Å². The summed E-state index contributed by atoms with van der Waals surface area (Å²) >= 11 is 0. The molecule has 2 saturated heterocycles. The molecule has 7 nitrogen and oxygen atoms in total. The van der Waals surface area contributed by atoms with Gasteiger partial charge in [-0.2, -0.15) is 34.8 Å². The van der Waals surface area contributed by atoms with Gasteiger partial charge < -0.3 is 10.1 Å². The molecule has 0 aliphatic carbocycles. The lowest BCUT2D eigenvalue weighted by Crippen LogP contribution is -2.73. The van der Waals surface area contributed by atoms with Crippen LogP contribution in [0.3, 0.4) is 0 Å². The zero-order chi connectivity index (χ0) is 29.6. The van der Waals surface area contributed by atoms with Crippen molar-refractivity contribution in [2.24, 2.45) is 0 Å². The molecule has 0 saturated carbocycles. The monoisotopic (exact) mass is 594 g/mol. The van der Waals surface area contributed by atoms with Crippen LogP contribution in [0.4, 0.5) is 26.3 Å². The maximum atomic E-state index is 13.4. The van der Waals surface area contributed by atoms with E-state index in [2.05, 4.69) is 5.32 Å². The highest BCUT2D eigenvalue weighted by Crippen LogP contribution is 2.44. The van der Waals surface area contributed by atoms with Gasteiger partial charge in [0.15, 0.2) is 0 Å². The van der Waals surface area contributed by atoms with Crippen LogP contribution < -0.4 is 5.32 Å². The summed E-state index contributed by atoms with van der Waals surface area (Å²) in [5.74, 6) is -0.385. The summed E-state index contributed by atoms with van der Waals surface area (Å²) in [7, 11) is -3.80. The number of piperazine rings is 1. The van der Waals surface area contributed by atoms with Crippen molar-refractivity contribution in [3.63, 3.8) is 0 Å². The summed E-state index contributed by atoms with van der Waals surface area (Å²) in [5.41, 5.74) is -4.43. The molecule has 0 aromatic heterocycles. The number of amides is 1. The van der Waals surface area contributed by atoms with Gasteiger partial charge in [0.25, 0.3) is 10.1 Å². The van der Waals surface area contributed by atoms with Gasteiger partial charge in [0.1, 0.15) is 0 Å². The predicted molar refractivity (Wildman–Crippen MR) is 131 cm³/mol. The lowest BCUT2D eigenvalue weighted by Gasteiger charge is -2.56. The normalized spacial score (nSPS) is 26.3. The SMILES string of the molecule is C[C@@H](OC[C@@]1(c2ccccc2)CC[C@]2(COS(C)(=O)=O)CN1CC(=O)N2)c1cc(C(F)(F)F)cc(C(F)(F)F)c1. The molecule has 0 radical (unpaired) electrons. The van der Waals surface area contributed by atoms with Gasteiger partial charge in [-0.1, -0.05) is 30.3 Å². The Bertz CT molecular complexity index is 1320. The number of benzene rings is 2. The minimum absolute atomic E-state index is 0.0628. The van der Waals surface area contributed by atoms with Crippen molar-refractivity contribution >= 4 is 16.0 Å². The second-order valence-corrected chi connectivity index (χ2v) is 12.0. The predicted octanol–water partition coefficient (Wildman–Crippen LogP) is 4.64. The van der Waals surface area contributed by atoms with Gasteiger partial charge in [-0.3, -0.25) is 13.9 Å². The topological polar surface area (TPSA) is 84.9 Å². The van der Waals surface area contributed by atoms with E-state index in [9.17, 15) is 39.6 Å². The molecule has 2 fully saturated rings. The zero-order valence-electron chi connectivity index (χ0n) is 21.6. The third-order valence-corrected chi connectivity index (χ3v) is 7.91. The first-order valence-corrected chi connectivity index (χ1v) is 14.1. The average Bonchev–Trinajstić information content (AvgIpc) is 2.86. The minimum Gasteiger partial charge on any atom is -0.372 e. The van der Waals surface area contributed by atoms with Gasteiger partial charge >= 0.3 is 12.4 Å². The van der Waals surface area contributed by atoms with Crippen molar-refractivity contribution in [1.82, 2.24) is 10.2 Å². The third-order valence-electron chi connectivity index (χ3n) is 7.37. The van der Waals surface area contributed by atoms with E-state index >= 15 is 0 Å². The van der Waals surface area contributed by atoms with E-state index < -0.39 is 50.8 Å². The van der Waals surface area contributed by atoms with Crippen LogP contribution in [-0.4, -0.2) is 57.3 Å². The Morgan fingerprint density at radius 2 is 1.57 bits per heavy atom. The number of hydrogen-bond acceptors (Lipinski definition) is 6. The van der Waals surface area contributed by atoms with Crippen molar-refractivity contribution < 1.29 is 48.5 Å². The first-order valence-electron chi connectivity index (χ1n) is 12.3. The molecule has 220 valence electrons. The smallest absolute Gasteiger partial charge is 0.372 e. The number of rotatable bonds is 8. The summed E-state index contributed by atoms with van der Waals surface area (Å²) < 4.78 is 115.